The number of carbonyl (C=O) groups is 1. The Labute approximate surface area is 98.5 Å². The standard InChI is InChI=1S/C10H12Cl2N2O/c1-6(10(13)15)5-14-8-4-2-3-7(11)9(8)12/h2-4,6,14H,5H2,1H3,(H2,13,15). The second-order valence-electron chi connectivity index (χ2n) is 3.29. The normalized spacial score (nSPS) is 12.2. The molecule has 0 aromatic heterocycles. The van der Waals surface area contributed by atoms with Crippen LogP contribution < -0.4 is 11.1 Å². The molecule has 0 aliphatic carbocycles. The monoisotopic (exact) mass is 246 g/mol. The molecule has 1 unspecified atom stereocenters. The van der Waals surface area contributed by atoms with Crippen LogP contribution >= 0.6 is 23.2 Å². The minimum Gasteiger partial charge on any atom is -0.383 e. The molecule has 0 fully saturated rings. The number of benzene rings is 1. The zero-order chi connectivity index (χ0) is 11.4. The molecule has 0 spiro atoms. The number of carbonyl (C=O) groups excluding carboxylic acids is 1. The minimum atomic E-state index is -0.347. The van der Waals surface area contributed by atoms with Gasteiger partial charge in [-0.15, -0.1) is 0 Å². The Hall–Kier alpha value is -0.930. The topological polar surface area (TPSA) is 55.1 Å². The van der Waals surface area contributed by atoms with E-state index >= 15 is 0 Å². The summed E-state index contributed by atoms with van der Waals surface area (Å²) in [6.45, 7) is 2.18. The largest absolute Gasteiger partial charge is 0.383 e. The zero-order valence-electron chi connectivity index (χ0n) is 8.26. The first-order valence-corrected chi connectivity index (χ1v) is 5.25. The quantitative estimate of drug-likeness (QED) is 0.858. The Morgan fingerprint density at radius 1 is 1.53 bits per heavy atom. The van der Waals surface area contributed by atoms with Gasteiger partial charge in [0.15, 0.2) is 0 Å². The van der Waals surface area contributed by atoms with Crippen LogP contribution in [0.2, 0.25) is 10.0 Å². The van der Waals surface area contributed by atoms with Gasteiger partial charge < -0.3 is 11.1 Å². The Morgan fingerprint density at radius 3 is 2.80 bits per heavy atom. The molecule has 1 rings (SSSR count). The highest BCUT2D eigenvalue weighted by molar-refractivity contribution is 6.43. The van der Waals surface area contributed by atoms with E-state index in [0.29, 0.717) is 22.3 Å². The van der Waals surface area contributed by atoms with E-state index in [1.54, 1.807) is 25.1 Å². The van der Waals surface area contributed by atoms with Crippen LogP contribution in [0.4, 0.5) is 5.69 Å². The lowest BCUT2D eigenvalue weighted by molar-refractivity contribution is -0.120. The molecule has 1 aromatic carbocycles. The fourth-order valence-electron chi connectivity index (χ4n) is 1.00. The van der Waals surface area contributed by atoms with Crippen molar-refractivity contribution >= 4 is 34.8 Å². The molecule has 0 radical (unpaired) electrons. The molecule has 1 atom stereocenters. The van der Waals surface area contributed by atoms with E-state index < -0.39 is 0 Å². The molecular weight excluding hydrogens is 235 g/mol. The number of primary amides is 1. The number of halogens is 2. The molecule has 3 nitrogen and oxygen atoms in total. The lowest BCUT2D eigenvalue weighted by Crippen LogP contribution is -2.26. The summed E-state index contributed by atoms with van der Waals surface area (Å²) in [6.07, 6.45) is 0. The van der Waals surface area contributed by atoms with Crippen LogP contribution in [-0.2, 0) is 4.79 Å². The van der Waals surface area contributed by atoms with Crippen LogP contribution in [0.3, 0.4) is 0 Å². The third-order valence-corrected chi connectivity index (χ3v) is 2.85. The first kappa shape index (κ1) is 12.1. The first-order chi connectivity index (χ1) is 7.02. The van der Waals surface area contributed by atoms with E-state index in [-0.39, 0.29) is 11.8 Å². The highest BCUT2D eigenvalue weighted by Crippen LogP contribution is 2.29. The van der Waals surface area contributed by atoms with Crippen molar-refractivity contribution in [1.82, 2.24) is 0 Å². The summed E-state index contributed by atoms with van der Waals surface area (Å²) in [5, 5.41) is 3.95. The summed E-state index contributed by atoms with van der Waals surface area (Å²) in [4.78, 5) is 10.8. The van der Waals surface area contributed by atoms with Crippen molar-refractivity contribution in [2.24, 2.45) is 11.7 Å². The molecule has 0 aliphatic rings. The number of anilines is 1. The maximum Gasteiger partial charge on any atom is 0.222 e. The van der Waals surface area contributed by atoms with Gasteiger partial charge in [-0.2, -0.15) is 0 Å². The number of hydrogen-bond donors (Lipinski definition) is 2. The van der Waals surface area contributed by atoms with Crippen LogP contribution in [0.25, 0.3) is 0 Å². The summed E-state index contributed by atoms with van der Waals surface area (Å²) < 4.78 is 0. The van der Waals surface area contributed by atoms with Crippen molar-refractivity contribution in [3.63, 3.8) is 0 Å². The van der Waals surface area contributed by atoms with Gasteiger partial charge >= 0.3 is 0 Å². The number of nitrogens with one attached hydrogen (secondary N) is 1. The molecule has 15 heavy (non-hydrogen) atoms. The average molecular weight is 247 g/mol. The Kier molecular flexibility index (Phi) is 4.24. The Balaban J connectivity index is 2.66. The number of nitrogens with two attached hydrogens (primary N) is 1. The Bertz CT molecular complexity index is 368. The van der Waals surface area contributed by atoms with Gasteiger partial charge in [0.05, 0.1) is 21.7 Å². The molecule has 1 amide bonds. The second kappa shape index (κ2) is 5.24. The van der Waals surface area contributed by atoms with E-state index in [1.165, 1.54) is 0 Å². The third kappa shape index (κ3) is 3.29. The van der Waals surface area contributed by atoms with Gasteiger partial charge in [-0.1, -0.05) is 36.2 Å². The molecule has 0 bridgehead atoms. The molecule has 0 saturated heterocycles. The van der Waals surface area contributed by atoms with Gasteiger partial charge in [0.2, 0.25) is 5.91 Å². The maximum absolute atomic E-state index is 10.8. The van der Waals surface area contributed by atoms with Gasteiger partial charge in [-0.25, -0.2) is 0 Å². The van der Waals surface area contributed by atoms with Gasteiger partial charge in [-0.05, 0) is 12.1 Å². The summed E-state index contributed by atoms with van der Waals surface area (Å²) in [7, 11) is 0. The summed E-state index contributed by atoms with van der Waals surface area (Å²) in [6, 6.07) is 5.28. The molecule has 5 heteroatoms. The van der Waals surface area contributed by atoms with Crippen molar-refractivity contribution in [1.29, 1.82) is 0 Å². The van der Waals surface area contributed by atoms with E-state index in [4.69, 9.17) is 28.9 Å². The highest BCUT2D eigenvalue weighted by atomic mass is 35.5. The lowest BCUT2D eigenvalue weighted by Gasteiger charge is -2.12. The van der Waals surface area contributed by atoms with E-state index in [1.807, 2.05) is 0 Å². The predicted octanol–water partition coefficient (Wildman–Crippen LogP) is 2.53. The third-order valence-electron chi connectivity index (χ3n) is 2.04. The van der Waals surface area contributed by atoms with Crippen molar-refractivity contribution < 1.29 is 4.79 Å². The average Bonchev–Trinajstić information content (AvgIpc) is 2.19. The van der Waals surface area contributed by atoms with E-state index in [9.17, 15) is 4.79 Å². The summed E-state index contributed by atoms with van der Waals surface area (Å²) in [5.41, 5.74) is 5.84. The number of rotatable bonds is 4. The first-order valence-electron chi connectivity index (χ1n) is 4.49. The fraction of sp³-hybridized carbons (Fsp3) is 0.300. The smallest absolute Gasteiger partial charge is 0.222 e. The number of hydrogen-bond acceptors (Lipinski definition) is 2. The van der Waals surface area contributed by atoms with Crippen LogP contribution in [0.5, 0.6) is 0 Å². The Morgan fingerprint density at radius 2 is 2.20 bits per heavy atom. The van der Waals surface area contributed by atoms with Crippen molar-refractivity contribution in [2.45, 2.75) is 6.92 Å². The van der Waals surface area contributed by atoms with Crippen LogP contribution in [0.15, 0.2) is 18.2 Å². The molecule has 3 N–H and O–H groups in total. The van der Waals surface area contributed by atoms with Gasteiger partial charge in [-0.3, -0.25) is 4.79 Å². The van der Waals surface area contributed by atoms with Crippen LogP contribution in [0, 0.1) is 5.92 Å². The summed E-state index contributed by atoms with van der Waals surface area (Å²) in [5.74, 6) is -0.597. The van der Waals surface area contributed by atoms with Crippen molar-refractivity contribution in [2.75, 3.05) is 11.9 Å². The van der Waals surface area contributed by atoms with Gasteiger partial charge in [0.1, 0.15) is 0 Å². The van der Waals surface area contributed by atoms with Crippen LogP contribution in [0.1, 0.15) is 6.92 Å². The summed E-state index contributed by atoms with van der Waals surface area (Å²) >= 11 is 11.8. The molecule has 1 aromatic rings. The van der Waals surface area contributed by atoms with Crippen molar-refractivity contribution in [3.05, 3.63) is 28.2 Å². The second-order valence-corrected chi connectivity index (χ2v) is 4.07. The number of amides is 1. The van der Waals surface area contributed by atoms with Crippen LogP contribution in [-0.4, -0.2) is 12.5 Å². The predicted molar refractivity (Wildman–Crippen MR) is 63.3 cm³/mol. The maximum atomic E-state index is 10.8. The molecule has 0 heterocycles. The van der Waals surface area contributed by atoms with Crippen molar-refractivity contribution in [3.8, 4) is 0 Å². The fourth-order valence-corrected chi connectivity index (χ4v) is 1.37. The minimum absolute atomic E-state index is 0.250. The molecule has 82 valence electrons. The molecule has 0 aliphatic heterocycles. The molecule has 0 saturated carbocycles. The highest BCUT2D eigenvalue weighted by Gasteiger charge is 2.09. The van der Waals surface area contributed by atoms with E-state index in [2.05, 4.69) is 5.32 Å². The van der Waals surface area contributed by atoms with Gasteiger partial charge in [0.25, 0.3) is 0 Å². The van der Waals surface area contributed by atoms with Gasteiger partial charge in [0, 0.05) is 6.54 Å². The molecular formula is C10H12Cl2N2O. The zero-order valence-corrected chi connectivity index (χ0v) is 9.77. The lowest BCUT2D eigenvalue weighted by atomic mass is 10.1. The SMILES string of the molecule is CC(CNc1cccc(Cl)c1Cl)C(N)=O. The van der Waals surface area contributed by atoms with E-state index in [0.717, 1.165) is 0 Å².